The highest BCUT2D eigenvalue weighted by molar-refractivity contribution is 5.95. The average Bonchev–Trinajstić information content (AvgIpc) is 3.10. The van der Waals surface area contributed by atoms with Crippen molar-refractivity contribution in [3.8, 4) is 5.88 Å². The molecule has 134 valence electrons. The lowest BCUT2D eigenvalue weighted by molar-refractivity contribution is 0.0890. The van der Waals surface area contributed by atoms with Gasteiger partial charge in [-0.05, 0) is 56.4 Å². The summed E-state index contributed by atoms with van der Waals surface area (Å²) < 4.78 is 7.93. The Labute approximate surface area is 153 Å². The molecule has 0 aromatic carbocycles. The van der Waals surface area contributed by atoms with Crippen LogP contribution in [0.4, 0.5) is 0 Å². The molecule has 0 atom stereocenters. The first-order valence-corrected chi connectivity index (χ1v) is 9.14. The van der Waals surface area contributed by atoms with Crippen molar-refractivity contribution in [1.82, 2.24) is 14.7 Å². The van der Waals surface area contributed by atoms with E-state index in [1.165, 1.54) is 0 Å². The molecular formula is C21H23N3O2. The number of hydrogen-bond donors (Lipinski definition) is 1. The third kappa shape index (κ3) is 3.72. The van der Waals surface area contributed by atoms with Gasteiger partial charge in [0.2, 0.25) is 5.88 Å². The van der Waals surface area contributed by atoms with Crippen molar-refractivity contribution >= 4 is 11.4 Å². The van der Waals surface area contributed by atoms with Gasteiger partial charge in [0, 0.05) is 36.2 Å². The van der Waals surface area contributed by atoms with Gasteiger partial charge in [-0.2, -0.15) is 0 Å². The van der Waals surface area contributed by atoms with Crippen LogP contribution in [0.25, 0.3) is 5.52 Å². The molecule has 0 saturated heterocycles. The molecule has 4 rings (SSSR count). The number of fused-ring (bicyclic) bond motifs is 1. The van der Waals surface area contributed by atoms with E-state index in [-0.39, 0.29) is 18.1 Å². The standard InChI is InChI=1S/C21H23N3O2/c1-15-5-10-20(22-13-15)26-19-8-6-17(7-9-19)23-21(25)16-12-18-4-2-3-11-24(18)14-16/h2-5,10-14,17,19H,6-9H2,1H3,(H,23,25). The lowest BCUT2D eigenvalue weighted by atomic mass is 9.93. The van der Waals surface area contributed by atoms with E-state index in [9.17, 15) is 4.79 Å². The van der Waals surface area contributed by atoms with Crippen molar-refractivity contribution in [3.63, 3.8) is 0 Å². The minimum atomic E-state index is -0.00160. The normalized spacial score (nSPS) is 20.0. The first-order chi connectivity index (χ1) is 12.7. The fourth-order valence-electron chi connectivity index (χ4n) is 3.47. The van der Waals surface area contributed by atoms with E-state index in [1.807, 2.05) is 66.3 Å². The Balaban J connectivity index is 1.30. The Morgan fingerprint density at radius 3 is 2.77 bits per heavy atom. The van der Waals surface area contributed by atoms with Crippen LogP contribution in [0, 0.1) is 6.92 Å². The molecule has 0 bridgehead atoms. The molecule has 1 N–H and O–H groups in total. The summed E-state index contributed by atoms with van der Waals surface area (Å²) in [6.07, 6.45) is 9.54. The molecule has 5 heteroatoms. The number of carbonyl (C=O) groups is 1. The van der Waals surface area contributed by atoms with Crippen LogP contribution < -0.4 is 10.1 Å². The molecule has 0 unspecified atom stereocenters. The van der Waals surface area contributed by atoms with Crippen LogP contribution in [0.15, 0.2) is 55.0 Å². The molecule has 26 heavy (non-hydrogen) atoms. The van der Waals surface area contributed by atoms with Gasteiger partial charge in [0.1, 0.15) is 6.10 Å². The van der Waals surface area contributed by atoms with E-state index < -0.39 is 0 Å². The summed E-state index contributed by atoms with van der Waals surface area (Å²) >= 11 is 0. The number of aromatic nitrogens is 2. The number of aryl methyl sites for hydroxylation is 1. The first-order valence-electron chi connectivity index (χ1n) is 9.14. The number of amides is 1. The second-order valence-electron chi connectivity index (χ2n) is 7.00. The number of nitrogens with one attached hydrogen (secondary N) is 1. The van der Waals surface area contributed by atoms with E-state index in [4.69, 9.17) is 4.74 Å². The highest BCUT2D eigenvalue weighted by Gasteiger charge is 2.24. The summed E-state index contributed by atoms with van der Waals surface area (Å²) in [6.45, 7) is 2.01. The third-order valence-corrected chi connectivity index (χ3v) is 4.95. The number of pyridine rings is 2. The molecule has 1 saturated carbocycles. The predicted octanol–water partition coefficient (Wildman–Crippen LogP) is 3.76. The number of rotatable bonds is 4. The SMILES string of the molecule is Cc1ccc(OC2CCC(NC(=O)c3cc4ccccn4c3)CC2)nc1. The van der Waals surface area contributed by atoms with Gasteiger partial charge < -0.3 is 14.5 Å². The zero-order chi connectivity index (χ0) is 17.9. The number of carbonyl (C=O) groups excluding carboxylic acids is 1. The molecule has 1 aliphatic carbocycles. The van der Waals surface area contributed by atoms with Crippen molar-refractivity contribution in [2.75, 3.05) is 0 Å². The summed E-state index contributed by atoms with van der Waals surface area (Å²) in [5.41, 5.74) is 2.86. The van der Waals surface area contributed by atoms with Crippen molar-refractivity contribution in [2.24, 2.45) is 0 Å². The van der Waals surface area contributed by atoms with Gasteiger partial charge in [-0.1, -0.05) is 12.1 Å². The number of hydrogen-bond acceptors (Lipinski definition) is 3. The molecule has 3 heterocycles. The Hall–Kier alpha value is -2.82. The Morgan fingerprint density at radius 2 is 2.04 bits per heavy atom. The minimum absolute atomic E-state index is 0.00160. The van der Waals surface area contributed by atoms with Gasteiger partial charge in [-0.25, -0.2) is 4.98 Å². The summed E-state index contributed by atoms with van der Waals surface area (Å²) in [7, 11) is 0. The number of ether oxygens (including phenoxy) is 1. The largest absolute Gasteiger partial charge is 0.474 e. The fourth-order valence-corrected chi connectivity index (χ4v) is 3.47. The molecule has 0 spiro atoms. The second-order valence-corrected chi connectivity index (χ2v) is 7.00. The van der Waals surface area contributed by atoms with Crippen LogP contribution in [0.3, 0.4) is 0 Å². The van der Waals surface area contributed by atoms with E-state index in [0.717, 1.165) is 36.8 Å². The maximum atomic E-state index is 12.5. The monoisotopic (exact) mass is 349 g/mol. The van der Waals surface area contributed by atoms with Gasteiger partial charge >= 0.3 is 0 Å². The van der Waals surface area contributed by atoms with E-state index in [0.29, 0.717) is 11.4 Å². The Morgan fingerprint density at radius 1 is 1.19 bits per heavy atom. The summed E-state index contributed by atoms with van der Waals surface area (Å²) in [6, 6.07) is 12.0. The molecule has 1 aliphatic rings. The maximum Gasteiger partial charge on any atom is 0.253 e. The van der Waals surface area contributed by atoms with Crippen molar-refractivity contribution in [3.05, 3.63) is 66.1 Å². The molecule has 3 aromatic heterocycles. The van der Waals surface area contributed by atoms with Crippen LogP contribution in [-0.2, 0) is 0 Å². The molecular weight excluding hydrogens is 326 g/mol. The van der Waals surface area contributed by atoms with Gasteiger partial charge in [-0.15, -0.1) is 0 Å². The smallest absolute Gasteiger partial charge is 0.253 e. The van der Waals surface area contributed by atoms with Gasteiger partial charge in [0.15, 0.2) is 0 Å². The van der Waals surface area contributed by atoms with Gasteiger partial charge in [0.25, 0.3) is 5.91 Å². The molecule has 5 nitrogen and oxygen atoms in total. The lowest BCUT2D eigenvalue weighted by Crippen LogP contribution is -2.39. The third-order valence-electron chi connectivity index (χ3n) is 4.95. The summed E-state index contributed by atoms with van der Waals surface area (Å²) in [5.74, 6) is 0.682. The van der Waals surface area contributed by atoms with E-state index in [1.54, 1.807) is 0 Å². The van der Waals surface area contributed by atoms with Crippen LogP contribution in [0.2, 0.25) is 0 Å². The Kier molecular flexibility index (Phi) is 4.61. The van der Waals surface area contributed by atoms with Gasteiger partial charge in [-0.3, -0.25) is 4.79 Å². The first kappa shape index (κ1) is 16.6. The zero-order valence-electron chi connectivity index (χ0n) is 14.9. The predicted molar refractivity (Wildman–Crippen MR) is 101 cm³/mol. The highest BCUT2D eigenvalue weighted by Crippen LogP contribution is 2.23. The van der Waals surface area contributed by atoms with Crippen molar-refractivity contribution in [2.45, 2.75) is 44.8 Å². The number of nitrogens with zero attached hydrogens (tertiary/aromatic N) is 2. The van der Waals surface area contributed by atoms with Crippen LogP contribution >= 0.6 is 0 Å². The van der Waals surface area contributed by atoms with E-state index in [2.05, 4.69) is 10.3 Å². The van der Waals surface area contributed by atoms with Crippen LogP contribution in [0.1, 0.15) is 41.6 Å². The van der Waals surface area contributed by atoms with Crippen molar-refractivity contribution < 1.29 is 9.53 Å². The van der Waals surface area contributed by atoms with Crippen LogP contribution in [0.5, 0.6) is 5.88 Å². The molecule has 3 aromatic rings. The maximum absolute atomic E-state index is 12.5. The van der Waals surface area contributed by atoms with E-state index >= 15 is 0 Å². The van der Waals surface area contributed by atoms with Crippen molar-refractivity contribution in [1.29, 1.82) is 0 Å². The molecule has 1 amide bonds. The minimum Gasteiger partial charge on any atom is -0.474 e. The summed E-state index contributed by atoms with van der Waals surface area (Å²) in [4.78, 5) is 16.8. The molecule has 0 aliphatic heterocycles. The van der Waals surface area contributed by atoms with Gasteiger partial charge in [0.05, 0.1) is 5.56 Å². The molecule has 0 radical (unpaired) electrons. The molecule has 1 fully saturated rings. The zero-order valence-corrected chi connectivity index (χ0v) is 14.9. The fraction of sp³-hybridized carbons (Fsp3) is 0.333. The Bertz CT molecular complexity index is 860. The second kappa shape index (κ2) is 7.20. The topological polar surface area (TPSA) is 55.6 Å². The van der Waals surface area contributed by atoms with Crippen LogP contribution in [-0.4, -0.2) is 27.4 Å². The summed E-state index contributed by atoms with van der Waals surface area (Å²) in [5, 5.41) is 3.16. The quantitative estimate of drug-likeness (QED) is 0.780. The average molecular weight is 349 g/mol. The lowest BCUT2D eigenvalue weighted by Gasteiger charge is -2.29. The highest BCUT2D eigenvalue weighted by atomic mass is 16.5.